The third kappa shape index (κ3) is 8.77. The van der Waals surface area contributed by atoms with Crippen molar-refractivity contribution in [1.82, 2.24) is 5.32 Å². The molecule has 0 radical (unpaired) electrons. The second kappa shape index (κ2) is 12.1. The topological polar surface area (TPSA) is 93.7 Å². The van der Waals surface area contributed by atoms with Crippen molar-refractivity contribution in [2.45, 2.75) is 19.5 Å². The lowest BCUT2D eigenvalue weighted by Crippen LogP contribution is -2.25. The summed E-state index contributed by atoms with van der Waals surface area (Å²) in [6.07, 6.45) is 0.320. The minimum atomic E-state index is -3.02. The molecule has 31 heavy (non-hydrogen) atoms. The molecule has 0 bridgehead atoms. The number of alkyl halides is 2. The Morgan fingerprint density at radius 2 is 1.74 bits per heavy atom. The number of esters is 1. The lowest BCUT2D eigenvalue weighted by molar-refractivity contribution is -0.147. The summed E-state index contributed by atoms with van der Waals surface area (Å²) in [5.41, 5.74) is 0.662. The first-order valence-corrected chi connectivity index (χ1v) is 9.74. The highest BCUT2D eigenvalue weighted by molar-refractivity contribution is 6.32. The van der Waals surface area contributed by atoms with Gasteiger partial charge in [0.15, 0.2) is 6.61 Å². The van der Waals surface area contributed by atoms with Gasteiger partial charge in [0, 0.05) is 29.2 Å². The fourth-order valence-corrected chi connectivity index (χ4v) is 2.67. The molecule has 2 amide bonds. The maximum Gasteiger partial charge on any atom is 0.387 e. The minimum Gasteiger partial charge on any atom is -0.456 e. The Morgan fingerprint density at radius 1 is 1.03 bits per heavy atom. The first-order valence-electron chi connectivity index (χ1n) is 8.98. The van der Waals surface area contributed by atoms with E-state index >= 15 is 0 Å². The van der Waals surface area contributed by atoms with Gasteiger partial charge in [-0.2, -0.15) is 8.78 Å². The van der Waals surface area contributed by atoms with E-state index in [1.807, 2.05) is 0 Å². The Kier molecular flexibility index (Phi) is 9.48. The van der Waals surface area contributed by atoms with Crippen LogP contribution in [0.4, 0.5) is 14.5 Å². The number of hydrogen-bond acceptors (Lipinski definition) is 5. The fourth-order valence-electron chi connectivity index (χ4n) is 2.32. The van der Waals surface area contributed by atoms with Crippen LogP contribution in [0, 0.1) is 0 Å². The van der Waals surface area contributed by atoms with Crippen LogP contribution in [-0.4, -0.2) is 37.5 Å². The molecule has 2 aromatic rings. The van der Waals surface area contributed by atoms with Gasteiger partial charge in [-0.1, -0.05) is 23.2 Å². The number of rotatable bonds is 10. The van der Waals surface area contributed by atoms with Crippen molar-refractivity contribution >= 4 is 46.7 Å². The molecule has 0 unspecified atom stereocenters. The molecule has 0 heterocycles. The molecule has 0 aliphatic carbocycles. The van der Waals surface area contributed by atoms with Crippen molar-refractivity contribution in [2.24, 2.45) is 0 Å². The summed E-state index contributed by atoms with van der Waals surface area (Å²) < 4.78 is 33.5. The normalized spacial score (nSPS) is 10.5. The number of hydrogen-bond donors (Lipinski definition) is 2. The Labute approximate surface area is 186 Å². The third-order valence-electron chi connectivity index (χ3n) is 3.75. The molecule has 0 aromatic heterocycles. The van der Waals surface area contributed by atoms with E-state index in [-0.39, 0.29) is 35.3 Å². The van der Waals surface area contributed by atoms with E-state index in [0.29, 0.717) is 17.0 Å². The summed E-state index contributed by atoms with van der Waals surface area (Å²) in [5, 5.41) is 5.47. The van der Waals surface area contributed by atoms with Gasteiger partial charge in [-0.25, -0.2) is 0 Å². The molecular weight excluding hydrogens is 457 g/mol. The molecule has 0 spiro atoms. The maximum atomic E-state index is 12.2. The van der Waals surface area contributed by atoms with Crippen LogP contribution in [0.3, 0.4) is 0 Å². The quantitative estimate of drug-likeness (QED) is 0.395. The van der Waals surface area contributed by atoms with E-state index in [4.69, 9.17) is 27.9 Å². The van der Waals surface area contributed by atoms with Crippen LogP contribution in [-0.2, 0) is 14.3 Å². The SMILES string of the molecule is O=C(COC(=O)CCCNC(=O)c1ccc(Cl)cc1)Nc1ccc(OC(F)F)c(Cl)c1. The molecular formula is C20H18Cl2F2N2O5. The van der Waals surface area contributed by atoms with Gasteiger partial charge in [0.1, 0.15) is 5.75 Å². The number of halogens is 4. The Hall–Kier alpha value is -2.91. The zero-order valence-corrected chi connectivity index (χ0v) is 17.5. The van der Waals surface area contributed by atoms with Crippen LogP contribution in [0.5, 0.6) is 5.75 Å². The van der Waals surface area contributed by atoms with Gasteiger partial charge >= 0.3 is 12.6 Å². The van der Waals surface area contributed by atoms with E-state index < -0.39 is 25.1 Å². The molecule has 11 heteroatoms. The lowest BCUT2D eigenvalue weighted by Gasteiger charge is -2.10. The zero-order chi connectivity index (χ0) is 22.8. The molecule has 7 nitrogen and oxygen atoms in total. The summed E-state index contributed by atoms with van der Waals surface area (Å²) in [7, 11) is 0. The van der Waals surface area contributed by atoms with Crippen LogP contribution in [0.15, 0.2) is 42.5 Å². The van der Waals surface area contributed by atoms with Gasteiger partial charge in [0.2, 0.25) is 0 Å². The summed E-state index contributed by atoms with van der Waals surface area (Å²) in [5.74, 6) is -1.78. The first-order chi connectivity index (χ1) is 14.7. The van der Waals surface area contributed by atoms with Gasteiger partial charge in [0.05, 0.1) is 5.02 Å². The van der Waals surface area contributed by atoms with Crippen molar-refractivity contribution in [3.63, 3.8) is 0 Å². The van der Waals surface area contributed by atoms with Gasteiger partial charge in [-0.3, -0.25) is 14.4 Å². The van der Waals surface area contributed by atoms with E-state index in [9.17, 15) is 23.2 Å². The minimum absolute atomic E-state index is 0.000327. The van der Waals surface area contributed by atoms with Gasteiger partial charge < -0.3 is 20.1 Å². The number of anilines is 1. The highest BCUT2D eigenvalue weighted by Crippen LogP contribution is 2.28. The number of carbonyl (C=O) groups is 3. The molecule has 2 rings (SSSR count). The number of amides is 2. The van der Waals surface area contributed by atoms with Crippen molar-refractivity contribution in [2.75, 3.05) is 18.5 Å². The van der Waals surface area contributed by atoms with Gasteiger partial charge in [-0.05, 0) is 48.9 Å². The Morgan fingerprint density at radius 3 is 2.39 bits per heavy atom. The maximum absolute atomic E-state index is 12.2. The number of carbonyl (C=O) groups excluding carboxylic acids is 3. The summed E-state index contributed by atoms with van der Waals surface area (Å²) in [4.78, 5) is 35.5. The average Bonchev–Trinajstić information content (AvgIpc) is 2.72. The second-order valence-corrected chi connectivity index (χ2v) is 6.94. The highest BCUT2D eigenvalue weighted by atomic mass is 35.5. The monoisotopic (exact) mass is 474 g/mol. The van der Waals surface area contributed by atoms with Crippen molar-refractivity contribution in [3.8, 4) is 5.75 Å². The predicted octanol–water partition coefficient (Wildman–Crippen LogP) is 4.29. The molecule has 166 valence electrons. The smallest absolute Gasteiger partial charge is 0.387 e. The molecule has 0 aliphatic heterocycles. The Bertz CT molecular complexity index is 926. The molecule has 0 saturated carbocycles. The van der Waals surface area contributed by atoms with E-state index in [1.54, 1.807) is 24.3 Å². The molecule has 0 atom stereocenters. The Balaban J connectivity index is 1.65. The summed E-state index contributed by atoms with van der Waals surface area (Å²) in [6.45, 7) is -3.32. The van der Waals surface area contributed by atoms with Gasteiger partial charge in [-0.15, -0.1) is 0 Å². The van der Waals surface area contributed by atoms with Crippen molar-refractivity contribution in [1.29, 1.82) is 0 Å². The average molecular weight is 475 g/mol. The second-order valence-electron chi connectivity index (χ2n) is 6.10. The number of nitrogens with one attached hydrogen (secondary N) is 2. The van der Waals surface area contributed by atoms with Crippen molar-refractivity contribution in [3.05, 3.63) is 58.1 Å². The number of ether oxygens (including phenoxy) is 2. The van der Waals surface area contributed by atoms with Crippen LogP contribution in [0.1, 0.15) is 23.2 Å². The lowest BCUT2D eigenvalue weighted by atomic mass is 10.2. The van der Waals surface area contributed by atoms with Crippen LogP contribution >= 0.6 is 23.2 Å². The number of benzene rings is 2. The largest absolute Gasteiger partial charge is 0.456 e. The zero-order valence-electron chi connectivity index (χ0n) is 16.0. The van der Waals surface area contributed by atoms with E-state index in [2.05, 4.69) is 15.4 Å². The molecule has 2 N–H and O–H groups in total. The third-order valence-corrected chi connectivity index (χ3v) is 4.29. The van der Waals surface area contributed by atoms with Crippen LogP contribution in [0.2, 0.25) is 10.0 Å². The van der Waals surface area contributed by atoms with Crippen LogP contribution in [0.25, 0.3) is 0 Å². The first kappa shape index (κ1) is 24.4. The summed E-state index contributed by atoms with van der Waals surface area (Å²) >= 11 is 11.6. The van der Waals surface area contributed by atoms with Gasteiger partial charge in [0.25, 0.3) is 11.8 Å². The van der Waals surface area contributed by atoms with E-state index in [0.717, 1.165) is 0 Å². The molecule has 0 saturated heterocycles. The van der Waals surface area contributed by atoms with E-state index in [1.165, 1.54) is 18.2 Å². The van der Waals surface area contributed by atoms with Crippen LogP contribution < -0.4 is 15.4 Å². The predicted molar refractivity (Wildman–Crippen MR) is 111 cm³/mol. The fraction of sp³-hybridized carbons (Fsp3) is 0.250. The standard InChI is InChI=1S/C20H18Cl2F2N2O5/c21-13-5-3-12(4-6-13)19(29)25-9-1-2-18(28)30-11-17(27)26-14-7-8-16(15(22)10-14)31-20(23)24/h3-8,10,20H,1-2,9,11H2,(H,25,29)(H,26,27). The molecule has 2 aromatic carbocycles. The summed E-state index contributed by atoms with van der Waals surface area (Å²) in [6, 6.07) is 10.1. The molecule has 0 fully saturated rings. The highest BCUT2D eigenvalue weighted by Gasteiger charge is 2.12. The van der Waals surface area contributed by atoms with Crippen molar-refractivity contribution < 1.29 is 32.6 Å². The molecule has 0 aliphatic rings.